The van der Waals surface area contributed by atoms with Crippen LogP contribution >= 0.6 is 0 Å². The summed E-state index contributed by atoms with van der Waals surface area (Å²) >= 11 is 0. The summed E-state index contributed by atoms with van der Waals surface area (Å²) in [6.45, 7) is 0. The number of rotatable bonds is 3. The zero-order valence-electron chi connectivity index (χ0n) is 16.0. The van der Waals surface area contributed by atoms with E-state index in [1.165, 1.54) is 27.6 Å². The number of hydrogen-bond acceptors (Lipinski definition) is 1. The average Bonchev–Trinajstić information content (AvgIpc) is 3.08. The average molecular weight is 365 g/mol. The minimum atomic E-state index is -0.0388. The van der Waals surface area contributed by atoms with E-state index in [0.717, 1.165) is 18.4 Å². The van der Waals surface area contributed by atoms with Gasteiger partial charge in [0.25, 0.3) is 0 Å². The van der Waals surface area contributed by atoms with Crippen molar-refractivity contribution in [3.63, 3.8) is 0 Å². The van der Waals surface area contributed by atoms with Crippen molar-refractivity contribution >= 4 is 16.7 Å². The molecule has 2 unspecified atom stereocenters. The summed E-state index contributed by atoms with van der Waals surface area (Å²) in [4.78, 5) is 13.5. The van der Waals surface area contributed by atoms with Gasteiger partial charge in [-0.1, -0.05) is 72.8 Å². The minimum absolute atomic E-state index is 0.0388. The van der Waals surface area contributed by atoms with Crippen molar-refractivity contribution in [2.75, 3.05) is 0 Å². The first kappa shape index (κ1) is 17.0. The predicted octanol–water partition coefficient (Wildman–Crippen LogP) is 5.76. The van der Waals surface area contributed by atoms with Gasteiger partial charge < -0.3 is 4.57 Å². The van der Waals surface area contributed by atoms with E-state index in [9.17, 15) is 4.79 Å². The Hall–Kier alpha value is -3.13. The number of hydrogen-bond donors (Lipinski definition) is 0. The Balaban J connectivity index is 1.69. The summed E-state index contributed by atoms with van der Waals surface area (Å²) in [7, 11) is 2.09. The molecule has 4 aromatic rings. The second kappa shape index (κ2) is 6.79. The van der Waals surface area contributed by atoms with Gasteiger partial charge in [-0.05, 0) is 35.6 Å². The molecule has 138 valence electrons. The number of para-hydroxylation sites is 1. The Bertz CT molecular complexity index is 1160. The molecule has 0 amide bonds. The number of Topliss-reactive ketones (excluding diaryl/α,β-unsaturated/α-hetero) is 1. The zero-order valence-corrected chi connectivity index (χ0v) is 16.0. The van der Waals surface area contributed by atoms with Gasteiger partial charge in [0.2, 0.25) is 0 Å². The molecule has 1 heterocycles. The molecule has 0 N–H and O–H groups in total. The fourth-order valence-corrected chi connectivity index (χ4v) is 4.85. The van der Waals surface area contributed by atoms with E-state index in [0.29, 0.717) is 0 Å². The number of ketones is 1. The Morgan fingerprint density at radius 1 is 0.893 bits per heavy atom. The molecule has 5 rings (SSSR count). The molecular weight excluding hydrogens is 342 g/mol. The first-order valence-electron chi connectivity index (χ1n) is 9.95. The zero-order chi connectivity index (χ0) is 19.1. The van der Waals surface area contributed by atoms with Crippen LogP contribution in [0, 0.1) is 5.92 Å². The van der Waals surface area contributed by atoms with E-state index in [1.54, 1.807) is 0 Å². The van der Waals surface area contributed by atoms with Crippen LogP contribution in [0.4, 0.5) is 0 Å². The molecule has 0 saturated carbocycles. The van der Waals surface area contributed by atoms with Crippen LogP contribution in [0.3, 0.4) is 0 Å². The van der Waals surface area contributed by atoms with Crippen LogP contribution in [-0.2, 0) is 13.5 Å². The highest BCUT2D eigenvalue weighted by Gasteiger charge is 2.36. The van der Waals surface area contributed by atoms with E-state index < -0.39 is 0 Å². The summed E-state index contributed by atoms with van der Waals surface area (Å²) in [5.74, 6) is 0.305. The third-order valence-corrected chi connectivity index (χ3v) is 6.17. The molecule has 1 aliphatic carbocycles. The molecular formula is C26H23NO. The molecule has 0 saturated heterocycles. The van der Waals surface area contributed by atoms with Crippen LogP contribution in [0.5, 0.6) is 0 Å². The molecule has 0 radical (unpaired) electrons. The number of fused-ring (bicyclic) bond motifs is 2. The number of nitrogens with zero attached hydrogens (tertiary/aromatic N) is 1. The first-order valence-corrected chi connectivity index (χ1v) is 9.95. The highest BCUT2D eigenvalue weighted by atomic mass is 16.1. The van der Waals surface area contributed by atoms with E-state index in [-0.39, 0.29) is 17.6 Å². The van der Waals surface area contributed by atoms with Gasteiger partial charge in [-0.25, -0.2) is 0 Å². The summed E-state index contributed by atoms with van der Waals surface area (Å²) in [6, 6.07) is 27.1. The molecule has 2 heteroatoms. The Morgan fingerprint density at radius 3 is 2.46 bits per heavy atom. The molecule has 0 spiro atoms. The van der Waals surface area contributed by atoms with E-state index in [4.69, 9.17) is 0 Å². The lowest BCUT2D eigenvalue weighted by Gasteiger charge is -2.31. The lowest BCUT2D eigenvalue weighted by molar-refractivity contribution is 0.0889. The second-order valence-corrected chi connectivity index (χ2v) is 7.77. The predicted molar refractivity (Wildman–Crippen MR) is 114 cm³/mol. The number of benzene rings is 3. The number of carbonyl (C=O) groups excluding carboxylic acids is 1. The van der Waals surface area contributed by atoms with Crippen LogP contribution in [0.1, 0.15) is 39.4 Å². The van der Waals surface area contributed by atoms with Crippen molar-refractivity contribution in [1.29, 1.82) is 0 Å². The van der Waals surface area contributed by atoms with Crippen molar-refractivity contribution in [1.82, 2.24) is 4.57 Å². The maximum Gasteiger partial charge on any atom is 0.167 e. The Labute approximate surface area is 165 Å². The highest BCUT2D eigenvalue weighted by molar-refractivity contribution is 6.01. The van der Waals surface area contributed by atoms with Crippen LogP contribution < -0.4 is 0 Å². The van der Waals surface area contributed by atoms with Crippen LogP contribution in [0.15, 0.2) is 85.1 Å². The number of aromatic nitrogens is 1. The highest BCUT2D eigenvalue weighted by Crippen LogP contribution is 2.42. The van der Waals surface area contributed by atoms with Crippen molar-refractivity contribution < 1.29 is 4.79 Å². The van der Waals surface area contributed by atoms with Gasteiger partial charge in [0.05, 0.1) is 0 Å². The molecule has 1 aliphatic rings. The fraction of sp³-hybridized carbons (Fsp3) is 0.192. The standard InChI is InChI=1S/C26H23NO/c1-27-17-23(21-13-7-8-14-24(21)27)25(19-10-3-2-4-11-19)22-16-15-18-9-5-6-12-20(18)26(22)28/h2-14,17,22,25H,15-16H2,1H3. The number of carbonyl (C=O) groups is 1. The van der Waals surface area contributed by atoms with Crippen molar-refractivity contribution in [2.45, 2.75) is 18.8 Å². The van der Waals surface area contributed by atoms with Crippen LogP contribution in [-0.4, -0.2) is 10.4 Å². The normalized spacial score (nSPS) is 17.5. The minimum Gasteiger partial charge on any atom is -0.350 e. The summed E-state index contributed by atoms with van der Waals surface area (Å²) in [6.07, 6.45) is 4.06. The van der Waals surface area contributed by atoms with Crippen molar-refractivity contribution in [3.8, 4) is 0 Å². The molecule has 28 heavy (non-hydrogen) atoms. The lowest BCUT2D eigenvalue weighted by Crippen LogP contribution is -2.28. The molecule has 0 fully saturated rings. The quantitative estimate of drug-likeness (QED) is 0.453. The summed E-state index contributed by atoms with van der Waals surface area (Å²) in [5.41, 5.74) is 5.77. The van der Waals surface area contributed by atoms with E-state index in [2.05, 4.69) is 72.4 Å². The first-order chi connectivity index (χ1) is 13.7. The summed E-state index contributed by atoms with van der Waals surface area (Å²) in [5, 5.41) is 1.24. The lowest BCUT2D eigenvalue weighted by atomic mass is 9.71. The fourth-order valence-electron chi connectivity index (χ4n) is 4.85. The maximum absolute atomic E-state index is 13.5. The third-order valence-electron chi connectivity index (χ3n) is 6.17. The second-order valence-electron chi connectivity index (χ2n) is 7.77. The van der Waals surface area contributed by atoms with Crippen molar-refractivity contribution in [2.24, 2.45) is 13.0 Å². The van der Waals surface area contributed by atoms with E-state index in [1.807, 2.05) is 24.3 Å². The molecule has 3 aromatic carbocycles. The monoisotopic (exact) mass is 365 g/mol. The smallest absolute Gasteiger partial charge is 0.167 e. The topological polar surface area (TPSA) is 22.0 Å². The van der Waals surface area contributed by atoms with Crippen LogP contribution in [0.25, 0.3) is 10.9 Å². The molecule has 1 aromatic heterocycles. The largest absolute Gasteiger partial charge is 0.350 e. The Kier molecular flexibility index (Phi) is 4.12. The van der Waals surface area contributed by atoms with Gasteiger partial charge in [-0.2, -0.15) is 0 Å². The van der Waals surface area contributed by atoms with Crippen molar-refractivity contribution in [3.05, 3.63) is 107 Å². The molecule has 0 bridgehead atoms. The van der Waals surface area contributed by atoms with Gasteiger partial charge >= 0.3 is 0 Å². The summed E-state index contributed by atoms with van der Waals surface area (Å²) < 4.78 is 2.18. The van der Waals surface area contributed by atoms with Gasteiger partial charge in [0.1, 0.15) is 0 Å². The molecule has 2 atom stereocenters. The molecule has 0 aliphatic heterocycles. The van der Waals surface area contributed by atoms with E-state index >= 15 is 0 Å². The Morgan fingerprint density at radius 2 is 1.61 bits per heavy atom. The van der Waals surface area contributed by atoms with Crippen LogP contribution in [0.2, 0.25) is 0 Å². The molecule has 2 nitrogen and oxygen atoms in total. The van der Waals surface area contributed by atoms with Gasteiger partial charge in [0.15, 0.2) is 5.78 Å². The van der Waals surface area contributed by atoms with Gasteiger partial charge in [0, 0.05) is 41.5 Å². The van der Waals surface area contributed by atoms with Gasteiger partial charge in [-0.3, -0.25) is 4.79 Å². The van der Waals surface area contributed by atoms with Gasteiger partial charge in [-0.15, -0.1) is 0 Å². The maximum atomic E-state index is 13.5. The third kappa shape index (κ3) is 2.68. The SMILES string of the molecule is Cn1cc(C(c2ccccc2)C2CCc3ccccc3C2=O)c2ccccc21. The number of aryl methyl sites for hydroxylation is 2.